The molecule has 29 heavy (non-hydrogen) atoms. The summed E-state index contributed by atoms with van der Waals surface area (Å²) in [4.78, 5) is 17.0. The molecule has 6 nitrogen and oxygen atoms in total. The molecule has 2 fully saturated rings. The van der Waals surface area contributed by atoms with Crippen LogP contribution in [0.2, 0.25) is 0 Å². The molecule has 2 aromatic rings. The molecular weight excluding hydrogens is 415 g/mol. The number of aryl methyl sites for hydroxylation is 1. The van der Waals surface area contributed by atoms with E-state index in [1.165, 1.54) is 16.4 Å². The lowest BCUT2D eigenvalue weighted by Gasteiger charge is -2.27. The highest BCUT2D eigenvalue weighted by Crippen LogP contribution is 2.37. The van der Waals surface area contributed by atoms with Gasteiger partial charge in [0.05, 0.1) is 29.7 Å². The Morgan fingerprint density at radius 2 is 1.93 bits per heavy atom. The van der Waals surface area contributed by atoms with Gasteiger partial charge in [0.15, 0.2) is 0 Å². The third-order valence-electron chi connectivity index (χ3n) is 5.38. The molecule has 0 saturated carbocycles. The Morgan fingerprint density at radius 1 is 1.17 bits per heavy atom. The van der Waals surface area contributed by atoms with E-state index < -0.39 is 21.7 Å². The Kier molecular flexibility index (Phi) is 5.74. The highest BCUT2D eigenvalue weighted by molar-refractivity contribution is 7.89. The third-order valence-corrected chi connectivity index (χ3v) is 8.38. The lowest BCUT2D eigenvalue weighted by atomic mass is 10.1. The molecule has 1 amide bonds. The van der Waals surface area contributed by atoms with Crippen LogP contribution in [0.15, 0.2) is 35.2 Å². The largest absolute Gasteiger partial charge is 0.379 e. The SMILES string of the molecule is Cc1ccc(C2CCCN2C(=O)c2cc(S(=O)(=O)N3CCOCC3)ccc2F)s1. The van der Waals surface area contributed by atoms with Gasteiger partial charge in [0.1, 0.15) is 5.82 Å². The fourth-order valence-electron chi connectivity index (χ4n) is 3.86. The zero-order chi connectivity index (χ0) is 20.6. The minimum atomic E-state index is -3.80. The molecule has 0 bridgehead atoms. The molecule has 0 N–H and O–H groups in total. The maximum atomic E-state index is 14.6. The van der Waals surface area contributed by atoms with Crippen LogP contribution < -0.4 is 0 Å². The molecular formula is C20H23FN2O4S2. The number of hydrogen-bond donors (Lipinski definition) is 0. The van der Waals surface area contributed by atoms with E-state index in [0.717, 1.165) is 28.7 Å². The van der Waals surface area contributed by atoms with Gasteiger partial charge in [-0.05, 0) is 50.1 Å². The van der Waals surface area contributed by atoms with Crippen molar-refractivity contribution in [3.05, 3.63) is 51.5 Å². The summed E-state index contributed by atoms with van der Waals surface area (Å²) >= 11 is 1.63. The Hall–Kier alpha value is -1.81. The molecule has 3 heterocycles. The molecule has 1 aromatic carbocycles. The van der Waals surface area contributed by atoms with E-state index in [4.69, 9.17) is 4.74 Å². The molecule has 1 atom stereocenters. The maximum absolute atomic E-state index is 14.6. The molecule has 2 saturated heterocycles. The van der Waals surface area contributed by atoms with Crippen molar-refractivity contribution in [3.8, 4) is 0 Å². The number of nitrogens with zero attached hydrogens (tertiary/aromatic N) is 2. The molecule has 1 aromatic heterocycles. The van der Waals surface area contributed by atoms with E-state index in [1.54, 1.807) is 16.2 Å². The monoisotopic (exact) mass is 438 g/mol. The second kappa shape index (κ2) is 8.14. The van der Waals surface area contributed by atoms with Gasteiger partial charge in [0, 0.05) is 29.4 Å². The van der Waals surface area contributed by atoms with Crippen LogP contribution in [0.4, 0.5) is 4.39 Å². The highest BCUT2D eigenvalue weighted by Gasteiger charge is 2.34. The van der Waals surface area contributed by atoms with Crippen LogP contribution in [0, 0.1) is 12.7 Å². The quantitative estimate of drug-likeness (QED) is 0.735. The predicted molar refractivity (Wildman–Crippen MR) is 108 cm³/mol. The molecule has 156 valence electrons. The van der Waals surface area contributed by atoms with Crippen LogP contribution in [0.5, 0.6) is 0 Å². The van der Waals surface area contributed by atoms with Crippen molar-refractivity contribution in [2.75, 3.05) is 32.8 Å². The third kappa shape index (κ3) is 3.96. The number of sulfonamides is 1. The number of halogens is 1. The van der Waals surface area contributed by atoms with Crippen molar-refractivity contribution in [3.63, 3.8) is 0 Å². The number of thiophene rings is 1. The second-order valence-electron chi connectivity index (χ2n) is 7.26. The van der Waals surface area contributed by atoms with Crippen LogP contribution in [0.1, 0.15) is 39.0 Å². The van der Waals surface area contributed by atoms with Crippen LogP contribution >= 0.6 is 11.3 Å². The number of carbonyl (C=O) groups excluding carboxylic acids is 1. The normalized spacial score (nSPS) is 20.9. The maximum Gasteiger partial charge on any atom is 0.257 e. The molecule has 2 aliphatic rings. The molecule has 4 rings (SSSR count). The van der Waals surface area contributed by atoms with Crippen LogP contribution in [0.3, 0.4) is 0 Å². The molecule has 9 heteroatoms. The Labute approximate surface area is 173 Å². The standard InChI is InChI=1S/C20H23FN2O4S2/c1-14-4-7-19(28-14)18-3-2-8-23(18)20(24)16-13-15(5-6-17(16)21)29(25,26)22-9-11-27-12-10-22/h4-7,13,18H,2-3,8-12H2,1H3. The molecule has 0 radical (unpaired) electrons. The summed E-state index contributed by atoms with van der Waals surface area (Å²) in [7, 11) is -3.80. The first-order valence-electron chi connectivity index (χ1n) is 9.62. The summed E-state index contributed by atoms with van der Waals surface area (Å²) in [6.45, 7) is 3.67. The first-order valence-corrected chi connectivity index (χ1v) is 11.9. The van der Waals surface area contributed by atoms with E-state index in [0.29, 0.717) is 19.8 Å². The van der Waals surface area contributed by atoms with Crippen LogP contribution in [-0.4, -0.2) is 56.4 Å². The Morgan fingerprint density at radius 3 is 2.62 bits per heavy atom. The van der Waals surface area contributed by atoms with Crippen molar-refractivity contribution in [2.24, 2.45) is 0 Å². The number of ether oxygens (including phenoxy) is 1. The van der Waals surface area contributed by atoms with Gasteiger partial charge < -0.3 is 9.64 Å². The average molecular weight is 439 g/mol. The number of morpholine rings is 1. The number of hydrogen-bond acceptors (Lipinski definition) is 5. The summed E-state index contributed by atoms with van der Waals surface area (Å²) < 4.78 is 46.9. The average Bonchev–Trinajstić information content (AvgIpc) is 3.37. The Bertz CT molecular complexity index is 1020. The summed E-state index contributed by atoms with van der Waals surface area (Å²) in [6, 6.07) is 7.39. The van der Waals surface area contributed by atoms with E-state index in [1.807, 2.05) is 19.1 Å². The molecule has 0 spiro atoms. The van der Waals surface area contributed by atoms with Gasteiger partial charge >= 0.3 is 0 Å². The van der Waals surface area contributed by atoms with Gasteiger partial charge in [-0.15, -0.1) is 11.3 Å². The van der Waals surface area contributed by atoms with Gasteiger partial charge in [0.25, 0.3) is 5.91 Å². The van der Waals surface area contributed by atoms with E-state index in [9.17, 15) is 17.6 Å². The number of benzene rings is 1. The van der Waals surface area contributed by atoms with Crippen molar-refractivity contribution >= 4 is 27.3 Å². The van der Waals surface area contributed by atoms with Crippen molar-refractivity contribution in [1.29, 1.82) is 0 Å². The Balaban J connectivity index is 1.64. The predicted octanol–water partition coefficient (Wildman–Crippen LogP) is 3.19. The van der Waals surface area contributed by atoms with Gasteiger partial charge in [-0.3, -0.25) is 4.79 Å². The fourth-order valence-corrected chi connectivity index (χ4v) is 6.32. The highest BCUT2D eigenvalue weighted by atomic mass is 32.2. The first kappa shape index (κ1) is 20.5. The lowest BCUT2D eigenvalue weighted by molar-refractivity contribution is 0.0726. The first-order chi connectivity index (χ1) is 13.9. The zero-order valence-corrected chi connectivity index (χ0v) is 17.8. The van der Waals surface area contributed by atoms with Gasteiger partial charge in [-0.1, -0.05) is 0 Å². The number of rotatable bonds is 4. The topological polar surface area (TPSA) is 66.9 Å². The minimum Gasteiger partial charge on any atom is -0.379 e. The van der Waals surface area contributed by atoms with E-state index >= 15 is 0 Å². The fraction of sp³-hybridized carbons (Fsp3) is 0.450. The van der Waals surface area contributed by atoms with E-state index in [-0.39, 0.29) is 29.6 Å². The van der Waals surface area contributed by atoms with Crippen LogP contribution in [0.25, 0.3) is 0 Å². The smallest absolute Gasteiger partial charge is 0.257 e. The van der Waals surface area contributed by atoms with Crippen molar-refractivity contribution < 1.29 is 22.3 Å². The van der Waals surface area contributed by atoms with Crippen molar-refractivity contribution in [2.45, 2.75) is 30.7 Å². The molecule has 2 aliphatic heterocycles. The van der Waals surface area contributed by atoms with E-state index in [2.05, 4.69) is 0 Å². The van der Waals surface area contributed by atoms with Crippen molar-refractivity contribution in [1.82, 2.24) is 9.21 Å². The summed E-state index contributed by atoms with van der Waals surface area (Å²) in [6.07, 6.45) is 1.65. The summed E-state index contributed by atoms with van der Waals surface area (Å²) in [5, 5.41) is 0. The lowest BCUT2D eigenvalue weighted by Crippen LogP contribution is -2.40. The van der Waals surface area contributed by atoms with Gasteiger partial charge in [-0.25, -0.2) is 12.8 Å². The van der Waals surface area contributed by atoms with Gasteiger partial charge in [-0.2, -0.15) is 4.31 Å². The zero-order valence-electron chi connectivity index (χ0n) is 16.1. The van der Waals surface area contributed by atoms with Crippen LogP contribution in [-0.2, 0) is 14.8 Å². The minimum absolute atomic E-state index is 0.0631. The number of likely N-dealkylation sites (tertiary alicyclic amines) is 1. The summed E-state index contributed by atoms with van der Waals surface area (Å²) in [5.41, 5.74) is -0.195. The number of carbonyl (C=O) groups is 1. The molecule has 0 aliphatic carbocycles. The molecule has 1 unspecified atom stereocenters. The van der Waals surface area contributed by atoms with Gasteiger partial charge in [0.2, 0.25) is 10.0 Å². The summed E-state index contributed by atoms with van der Waals surface area (Å²) in [5.74, 6) is -1.17. The second-order valence-corrected chi connectivity index (χ2v) is 10.5. The number of amides is 1.